The molecule has 4 unspecified atom stereocenters. The molecule has 2 fully saturated rings. The number of carbonyl (C=O) groups excluding carboxylic acids is 1. The number of rotatable bonds is 2. The third-order valence-corrected chi connectivity index (χ3v) is 6.39. The van der Waals surface area contributed by atoms with Crippen LogP contribution < -0.4 is 0 Å². The predicted molar refractivity (Wildman–Crippen MR) is 91.2 cm³/mol. The normalized spacial score (nSPS) is 35.9. The van der Waals surface area contributed by atoms with E-state index in [1.54, 1.807) is 11.8 Å². The lowest BCUT2D eigenvalue weighted by atomic mass is 9.73. The van der Waals surface area contributed by atoms with Gasteiger partial charge in [0, 0.05) is 17.3 Å². The summed E-state index contributed by atoms with van der Waals surface area (Å²) in [7, 11) is 2.39. The molecule has 0 N–H and O–H groups in total. The van der Waals surface area contributed by atoms with Crippen molar-refractivity contribution < 1.29 is 4.79 Å². The minimum Gasteiger partial charge on any atom is -0.327 e. The third-order valence-electron chi connectivity index (χ3n) is 5.16. The standard InChI is InChI=1S/C16H30BNOS/c1-10(2)12-6-5-7-14-15(9-13(17)8-12)20-16(19)18(14)11(3)4/h10-15H,5-9,17H2,1-4H3. The summed E-state index contributed by atoms with van der Waals surface area (Å²) in [6, 6.07) is 0.836. The van der Waals surface area contributed by atoms with E-state index in [1.165, 1.54) is 32.1 Å². The molecular formula is C16H30BNOS. The van der Waals surface area contributed by atoms with Crippen molar-refractivity contribution in [1.29, 1.82) is 0 Å². The van der Waals surface area contributed by atoms with Gasteiger partial charge in [0.25, 0.3) is 5.24 Å². The Balaban J connectivity index is 2.11. The Bertz CT molecular complexity index is 347. The number of amides is 1. The highest BCUT2D eigenvalue weighted by Gasteiger charge is 2.42. The number of thioether (sulfide) groups is 1. The first-order valence-electron chi connectivity index (χ1n) is 8.39. The van der Waals surface area contributed by atoms with E-state index in [0.29, 0.717) is 22.6 Å². The van der Waals surface area contributed by atoms with Crippen LogP contribution in [0.4, 0.5) is 4.79 Å². The molecule has 0 aromatic rings. The van der Waals surface area contributed by atoms with E-state index in [0.717, 1.165) is 17.7 Å². The number of fused-ring (bicyclic) bond motifs is 1. The largest absolute Gasteiger partial charge is 0.327 e. The number of carbonyl (C=O) groups is 1. The zero-order valence-electron chi connectivity index (χ0n) is 13.8. The molecule has 2 nitrogen and oxygen atoms in total. The summed E-state index contributed by atoms with van der Waals surface area (Å²) in [4.78, 5) is 14.4. The van der Waals surface area contributed by atoms with Crippen LogP contribution in [-0.4, -0.2) is 35.3 Å². The first kappa shape index (κ1) is 16.3. The zero-order valence-corrected chi connectivity index (χ0v) is 14.6. The summed E-state index contributed by atoms with van der Waals surface area (Å²) >= 11 is 1.62. The second kappa shape index (κ2) is 6.76. The maximum Gasteiger partial charge on any atom is 0.282 e. The fourth-order valence-electron chi connectivity index (χ4n) is 4.03. The highest BCUT2D eigenvalue weighted by Crippen LogP contribution is 2.43. The first-order valence-corrected chi connectivity index (χ1v) is 9.27. The molecule has 2 rings (SSSR count). The minimum absolute atomic E-state index is 0.322. The molecule has 114 valence electrons. The van der Waals surface area contributed by atoms with Crippen molar-refractivity contribution in [3.8, 4) is 0 Å². The van der Waals surface area contributed by atoms with Gasteiger partial charge in [0.1, 0.15) is 7.85 Å². The highest BCUT2D eigenvalue weighted by molar-refractivity contribution is 8.14. The molecule has 0 radical (unpaired) electrons. The Morgan fingerprint density at radius 3 is 2.50 bits per heavy atom. The number of hydrogen-bond donors (Lipinski definition) is 0. The number of nitrogens with zero attached hydrogens (tertiary/aromatic N) is 1. The van der Waals surface area contributed by atoms with Crippen molar-refractivity contribution in [1.82, 2.24) is 4.90 Å². The van der Waals surface area contributed by atoms with E-state index >= 15 is 0 Å². The monoisotopic (exact) mass is 295 g/mol. The van der Waals surface area contributed by atoms with E-state index in [4.69, 9.17) is 0 Å². The van der Waals surface area contributed by atoms with Crippen LogP contribution in [0.25, 0.3) is 0 Å². The SMILES string of the molecule is BC1CC(C(C)C)CCCC2C(C1)SC(=O)N2C(C)C. The fraction of sp³-hybridized carbons (Fsp3) is 0.938. The van der Waals surface area contributed by atoms with Gasteiger partial charge in [0.2, 0.25) is 0 Å². The van der Waals surface area contributed by atoms with Crippen LogP contribution in [0.2, 0.25) is 5.82 Å². The Hall–Kier alpha value is -0.115. The summed E-state index contributed by atoms with van der Waals surface area (Å²) in [5, 5.41) is 0.856. The van der Waals surface area contributed by atoms with Crippen LogP contribution in [0.3, 0.4) is 0 Å². The molecule has 1 heterocycles. The highest BCUT2D eigenvalue weighted by atomic mass is 32.2. The van der Waals surface area contributed by atoms with Gasteiger partial charge in [-0.1, -0.05) is 50.7 Å². The van der Waals surface area contributed by atoms with Gasteiger partial charge in [0.15, 0.2) is 0 Å². The molecule has 0 aromatic heterocycles. The van der Waals surface area contributed by atoms with Gasteiger partial charge in [-0.05, 0) is 38.5 Å². The van der Waals surface area contributed by atoms with E-state index < -0.39 is 0 Å². The van der Waals surface area contributed by atoms with Crippen molar-refractivity contribution in [3.05, 3.63) is 0 Å². The second-order valence-corrected chi connectivity index (χ2v) is 8.69. The zero-order chi connectivity index (χ0) is 14.9. The van der Waals surface area contributed by atoms with Crippen LogP contribution in [0, 0.1) is 11.8 Å². The molecule has 1 amide bonds. The Morgan fingerprint density at radius 1 is 1.20 bits per heavy atom. The molecule has 20 heavy (non-hydrogen) atoms. The topological polar surface area (TPSA) is 20.3 Å². The third kappa shape index (κ3) is 3.55. The van der Waals surface area contributed by atoms with Crippen LogP contribution in [-0.2, 0) is 0 Å². The van der Waals surface area contributed by atoms with Gasteiger partial charge in [-0.15, -0.1) is 0 Å². The van der Waals surface area contributed by atoms with Crippen molar-refractivity contribution >= 4 is 24.8 Å². The molecular weight excluding hydrogens is 265 g/mol. The summed E-state index contributed by atoms with van der Waals surface area (Å²) in [6.07, 6.45) is 6.40. The van der Waals surface area contributed by atoms with Gasteiger partial charge < -0.3 is 4.90 Å². The van der Waals surface area contributed by atoms with E-state index in [2.05, 4.69) is 40.4 Å². The maximum absolute atomic E-state index is 12.3. The maximum atomic E-state index is 12.3. The summed E-state index contributed by atoms with van der Waals surface area (Å²) in [5.41, 5.74) is 0. The molecule has 2 aliphatic rings. The van der Waals surface area contributed by atoms with Crippen LogP contribution in [0.1, 0.15) is 59.8 Å². The van der Waals surface area contributed by atoms with Crippen LogP contribution in [0.5, 0.6) is 0 Å². The predicted octanol–water partition coefficient (Wildman–Crippen LogP) is 3.96. The quantitative estimate of drug-likeness (QED) is 0.719. The van der Waals surface area contributed by atoms with Gasteiger partial charge in [0.05, 0.1) is 0 Å². The Kier molecular flexibility index (Phi) is 5.50. The number of hydrogen-bond acceptors (Lipinski definition) is 2. The van der Waals surface area contributed by atoms with Crippen molar-refractivity contribution in [2.45, 2.75) is 82.9 Å². The lowest BCUT2D eigenvalue weighted by Gasteiger charge is -2.30. The summed E-state index contributed by atoms with van der Waals surface area (Å²) in [6.45, 7) is 9.06. The minimum atomic E-state index is 0.322. The lowest BCUT2D eigenvalue weighted by molar-refractivity contribution is 0.177. The molecule has 1 saturated heterocycles. The smallest absolute Gasteiger partial charge is 0.282 e. The van der Waals surface area contributed by atoms with Gasteiger partial charge in [-0.2, -0.15) is 0 Å². The van der Waals surface area contributed by atoms with Crippen molar-refractivity contribution in [3.63, 3.8) is 0 Å². The van der Waals surface area contributed by atoms with Gasteiger partial charge >= 0.3 is 0 Å². The van der Waals surface area contributed by atoms with E-state index in [1.807, 2.05) is 0 Å². The Morgan fingerprint density at radius 2 is 1.90 bits per heavy atom. The molecule has 1 saturated carbocycles. The first-order chi connectivity index (χ1) is 9.40. The lowest BCUT2D eigenvalue weighted by Crippen LogP contribution is -2.41. The van der Waals surface area contributed by atoms with Gasteiger partial charge in [-0.25, -0.2) is 0 Å². The molecule has 1 aliphatic carbocycles. The van der Waals surface area contributed by atoms with Gasteiger partial charge in [-0.3, -0.25) is 4.79 Å². The fourth-order valence-corrected chi connectivity index (χ4v) is 5.61. The molecule has 0 bridgehead atoms. The second-order valence-electron chi connectivity index (χ2n) is 7.50. The molecule has 4 atom stereocenters. The van der Waals surface area contributed by atoms with Crippen molar-refractivity contribution in [2.24, 2.45) is 11.8 Å². The average Bonchev–Trinajstić information content (AvgIpc) is 2.65. The van der Waals surface area contributed by atoms with E-state index in [9.17, 15) is 4.79 Å². The van der Waals surface area contributed by atoms with Crippen molar-refractivity contribution in [2.75, 3.05) is 0 Å². The Labute approximate surface area is 129 Å². The molecule has 4 heteroatoms. The van der Waals surface area contributed by atoms with E-state index in [-0.39, 0.29) is 0 Å². The molecule has 0 aromatic carbocycles. The molecule has 0 spiro atoms. The van der Waals surface area contributed by atoms with Crippen LogP contribution >= 0.6 is 11.8 Å². The van der Waals surface area contributed by atoms with Crippen LogP contribution in [0.15, 0.2) is 0 Å². The average molecular weight is 295 g/mol. The molecule has 1 aliphatic heterocycles. The summed E-state index contributed by atoms with van der Waals surface area (Å²) in [5.74, 6) is 2.42. The summed E-state index contributed by atoms with van der Waals surface area (Å²) < 4.78 is 0.